The first-order chi connectivity index (χ1) is 12.1. The summed E-state index contributed by atoms with van der Waals surface area (Å²) < 4.78 is 16.4. The molecule has 0 aromatic heterocycles. The first-order valence-corrected chi connectivity index (χ1v) is 9.73. The van der Waals surface area contributed by atoms with E-state index in [1.54, 1.807) is 27.7 Å². The van der Waals surface area contributed by atoms with Crippen molar-refractivity contribution in [1.29, 1.82) is 0 Å². The largest absolute Gasteiger partial charge is 0.633 e. The second kappa shape index (κ2) is 7.65. The second-order valence-corrected chi connectivity index (χ2v) is 7.72. The van der Waals surface area contributed by atoms with E-state index in [1.165, 1.54) is 0 Å². The lowest BCUT2D eigenvalue weighted by Gasteiger charge is -2.44. The van der Waals surface area contributed by atoms with Crippen LogP contribution in [0.2, 0.25) is 5.82 Å². The molecule has 2 aliphatic rings. The number of amides is 1. The SMILES string of the molecule is CCC12CC(=O)O[B-](C(C)CC(=O)C(C)NC(=O)C(C)CP)(OC1=O)O2. The van der Waals surface area contributed by atoms with Crippen molar-refractivity contribution in [2.24, 2.45) is 5.92 Å². The molecule has 2 fully saturated rings. The molecule has 2 saturated heterocycles. The van der Waals surface area contributed by atoms with Crippen molar-refractivity contribution in [3.8, 4) is 0 Å². The van der Waals surface area contributed by atoms with Crippen LogP contribution in [-0.4, -0.2) is 48.2 Å². The Labute approximate surface area is 155 Å². The summed E-state index contributed by atoms with van der Waals surface area (Å²) in [5.41, 5.74) is -1.32. The van der Waals surface area contributed by atoms with E-state index in [0.29, 0.717) is 6.16 Å². The van der Waals surface area contributed by atoms with Crippen molar-refractivity contribution < 1.29 is 33.1 Å². The van der Waals surface area contributed by atoms with Gasteiger partial charge in [0.2, 0.25) is 5.91 Å². The van der Waals surface area contributed by atoms with Crippen molar-refractivity contribution in [3.63, 3.8) is 0 Å². The van der Waals surface area contributed by atoms with Gasteiger partial charge in [0.25, 0.3) is 11.9 Å². The van der Waals surface area contributed by atoms with Gasteiger partial charge in [-0.05, 0) is 25.9 Å². The van der Waals surface area contributed by atoms with Crippen LogP contribution in [0.25, 0.3) is 0 Å². The van der Waals surface area contributed by atoms with Gasteiger partial charge >= 0.3 is 6.75 Å². The minimum absolute atomic E-state index is 0.0585. The van der Waals surface area contributed by atoms with E-state index in [1.807, 2.05) is 0 Å². The molecule has 0 aromatic rings. The zero-order chi connectivity index (χ0) is 19.7. The smallest absolute Gasteiger partial charge is 0.499 e. The molecular formula is C16H26BNO7P-. The summed E-state index contributed by atoms with van der Waals surface area (Å²) in [6.07, 6.45) is 0.627. The van der Waals surface area contributed by atoms with Gasteiger partial charge < -0.3 is 19.3 Å². The number of hydrogen-bond donors (Lipinski definition) is 1. The maximum absolute atomic E-state index is 12.5. The molecule has 26 heavy (non-hydrogen) atoms. The Bertz CT molecular complexity index is 630. The van der Waals surface area contributed by atoms with Gasteiger partial charge in [-0.1, -0.05) is 26.6 Å². The van der Waals surface area contributed by atoms with Crippen LogP contribution in [0.15, 0.2) is 0 Å². The first kappa shape index (κ1) is 20.8. The molecule has 0 aliphatic carbocycles. The van der Waals surface area contributed by atoms with E-state index in [9.17, 15) is 19.2 Å². The Kier molecular flexibility index (Phi) is 6.13. The van der Waals surface area contributed by atoms with Crippen LogP contribution >= 0.6 is 9.24 Å². The molecule has 2 aliphatic heterocycles. The number of carbonyl (C=O) groups is 4. The summed E-state index contributed by atoms with van der Waals surface area (Å²) in [5.74, 6) is -2.54. The molecule has 10 heteroatoms. The molecule has 2 bridgehead atoms. The van der Waals surface area contributed by atoms with Crippen LogP contribution in [-0.2, 0) is 33.1 Å². The van der Waals surface area contributed by atoms with Crippen LogP contribution in [0.5, 0.6) is 0 Å². The normalized spacial score (nSPS) is 30.8. The minimum atomic E-state index is -2.66. The van der Waals surface area contributed by atoms with Gasteiger partial charge in [0.15, 0.2) is 5.78 Å². The molecule has 6 unspecified atom stereocenters. The van der Waals surface area contributed by atoms with Crippen LogP contribution in [0.1, 0.15) is 47.0 Å². The molecule has 0 saturated carbocycles. The monoisotopic (exact) mass is 386 g/mol. The fraction of sp³-hybridized carbons (Fsp3) is 0.750. The third-order valence-electron chi connectivity index (χ3n) is 5.19. The molecule has 2 rings (SSSR count). The summed E-state index contributed by atoms with van der Waals surface area (Å²) in [6, 6.07) is -0.705. The van der Waals surface area contributed by atoms with Crippen molar-refractivity contribution in [2.75, 3.05) is 6.16 Å². The summed E-state index contributed by atoms with van der Waals surface area (Å²) in [5, 5.41) is 2.66. The highest BCUT2D eigenvalue weighted by Gasteiger charge is 2.62. The van der Waals surface area contributed by atoms with E-state index in [4.69, 9.17) is 14.0 Å². The lowest BCUT2D eigenvalue weighted by atomic mass is 9.61. The number of hydrogen-bond acceptors (Lipinski definition) is 7. The molecule has 0 radical (unpaired) electrons. The van der Waals surface area contributed by atoms with Crippen LogP contribution < -0.4 is 5.32 Å². The lowest BCUT2D eigenvalue weighted by Crippen LogP contribution is -2.54. The van der Waals surface area contributed by atoms with E-state index in [0.717, 1.165) is 0 Å². The molecule has 0 aromatic carbocycles. The summed E-state index contributed by atoms with van der Waals surface area (Å²) in [6.45, 7) is 4.06. The van der Waals surface area contributed by atoms with E-state index in [-0.39, 0.29) is 36.9 Å². The highest BCUT2D eigenvalue weighted by atomic mass is 31.0. The van der Waals surface area contributed by atoms with Gasteiger partial charge in [0.1, 0.15) is 5.60 Å². The minimum Gasteiger partial charge on any atom is -0.633 e. The van der Waals surface area contributed by atoms with E-state index < -0.39 is 36.2 Å². The van der Waals surface area contributed by atoms with Crippen LogP contribution in [0.4, 0.5) is 0 Å². The van der Waals surface area contributed by atoms with Gasteiger partial charge in [-0.3, -0.25) is 19.2 Å². The third-order valence-corrected chi connectivity index (χ3v) is 5.90. The van der Waals surface area contributed by atoms with Gasteiger partial charge in [-0.25, -0.2) is 0 Å². The summed E-state index contributed by atoms with van der Waals surface area (Å²) >= 11 is 0. The molecule has 2 heterocycles. The second-order valence-electron chi connectivity index (χ2n) is 7.25. The highest BCUT2D eigenvalue weighted by molar-refractivity contribution is 7.16. The Morgan fingerprint density at radius 3 is 2.50 bits per heavy atom. The quantitative estimate of drug-likeness (QED) is 0.489. The van der Waals surface area contributed by atoms with Crippen LogP contribution in [0.3, 0.4) is 0 Å². The highest BCUT2D eigenvalue weighted by Crippen LogP contribution is 2.46. The summed E-state index contributed by atoms with van der Waals surface area (Å²) in [4.78, 5) is 48.6. The standard InChI is InChI=1S/C16H26BNO7P/c1-5-16-7-13(20)23-17(25-16,24-15(16)22)10(3)6-12(19)11(4)18-14(21)9(2)8-26/h9-11H,5-8,26H2,1-4H3,(H,18,21)/q-1. The van der Waals surface area contributed by atoms with Crippen LogP contribution in [0, 0.1) is 5.92 Å². The Balaban J connectivity index is 2.06. The zero-order valence-corrected chi connectivity index (χ0v) is 16.7. The number of Topliss-reactive ketones (excluding diaryl/α,β-unsaturated/α-hetero) is 1. The van der Waals surface area contributed by atoms with Crippen molar-refractivity contribution in [3.05, 3.63) is 0 Å². The topological polar surface area (TPSA) is 108 Å². The molecule has 6 atom stereocenters. The number of carbonyl (C=O) groups excluding carboxylic acids is 4. The molecule has 146 valence electrons. The average Bonchev–Trinajstić information content (AvgIpc) is 2.81. The number of ketones is 1. The predicted octanol–water partition coefficient (Wildman–Crippen LogP) is 0.960. The maximum atomic E-state index is 12.5. The van der Waals surface area contributed by atoms with Gasteiger partial charge in [0.05, 0.1) is 12.5 Å². The average molecular weight is 386 g/mol. The summed E-state index contributed by atoms with van der Waals surface area (Å²) in [7, 11) is 2.48. The van der Waals surface area contributed by atoms with E-state index in [2.05, 4.69) is 14.6 Å². The molecule has 1 amide bonds. The fourth-order valence-electron chi connectivity index (χ4n) is 3.15. The van der Waals surface area contributed by atoms with E-state index >= 15 is 0 Å². The predicted molar refractivity (Wildman–Crippen MR) is 97.1 cm³/mol. The Morgan fingerprint density at radius 1 is 1.27 bits per heavy atom. The van der Waals surface area contributed by atoms with Gasteiger partial charge in [0, 0.05) is 5.92 Å². The Morgan fingerprint density at radius 2 is 1.92 bits per heavy atom. The Hall–Kier alpha value is -1.47. The van der Waals surface area contributed by atoms with Gasteiger partial charge in [-0.15, -0.1) is 9.24 Å². The number of nitrogens with one attached hydrogen (secondary N) is 1. The van der Waals surface area contributed by atoms with Gasteiger partial charge in [-0.2, -0.15) is 0 Å². The fourth-order valence-corrected chi connectivity index (χ4v) is 3.36. The van der Waals surface area contributed by atoms with Crippen molar-refractivity contribution in [1.82, 2.24) is 5.32 Å². The molecule has 1 N–H and O–H groups in total. The zero-order valence-electron chi connectivity index (χ0n) is 15.6. The maximum Gasteiger partial charge on any atom is 0.499 e. The molecule has 8 nitrogen and oxygen atoms in total. The van der Waals surface area contributed by atoms with Crippen molar-refractivity contribution >= 4 is 39.6 Å². The molecule has 0 spiro atoms. The van der Waals surface area contributed by atoms with Crippen molar-refractivity contribution in [2.45, 2.75) is 64.4 Å². The third kappa shape index (κ3) is 3.79. The first-order valence-electron chi connectivity index (χ1n) is 8.91. The lowest BCUT2D eigenvalue weighted by molar-refractivity contribution is -0.154. The number of rotatable bonds is 8. The number of fused-ring (bicyclic) bond motifs is 2. The molecular weight excluding hydrogens is 360 g/mol.